The van der Waals surface area contributed by atoms with E-state index in [9.17, 15) is 9.59 Å². The summed E-state index contributed by atoms with van der Waals surface area (Å²) < 4.78 is 10.2. The van der Waals surface area contributed by atoms with Crippen molar-refractivity contribution in [3.05, 3.63) is 11.1 Å². The zero-order chi connectivity index (χ0) is 14.3. The molecule has 108 valence electrons. The molecule has 4 nitrogen and oxygen atoms in total. The van der Waals surface area contributed by atoms with Crippen molar-refractivity contribution in [1.82, 2.24) is 0 Å². The van der Waals surface area contributed by atoms with Crippen LogP contribution in [0.3, 0.4) is 0 Å². The van der Waals surface area contributed by atoms with Crippen LogP contribution in [-0.2, 0) is 19.1 Å². The van der Waals surface area contributed by atoms with E-state index in [1.807, 2.05) is 6.92 Å². The van der Waals surface area contributed by atoms with Crippen LogP contribution in [-0.4, -0.2) is 25.2 Å². The SMILES string of the molecule is CCOC(=O)C(=C1CCCC1)C(CC)C(=O)OCC. The molecule has 0 bridgehead atoms. The molecule has 1 atom stereocenters. The summed E-state index contributed by atoms with van der Waals surface area (Å²) in [7, 11) is 0. The molecular formula is C15H24O4. The van der Waals surface area contributed by atoms with Gasteiger partial charge >= 0.3 is 11.9 Å². The van der Waals surface area contributed by atoms with Crippen LogP contribution < -0.4 is 0 Å². The molecule has 0 aromatic rings. The van der Waals surface area contributed by atoms with Crippen LogP contribution in [0.15, 0.2) is 11.1 Å². The maximum absolute atomic E-state index is 12.2. The van der Waals surface area contributed by atoms with E-state index < -0.39 is 5.92 Å². The predicted octanol–water partition coefficient (Wildman–Crippen LogP) is 3.01. The number of allylic oxidation sites excluding steroid dienone is 1. The van der Waals surface area contributed by atoms with Gasteiger partial charge in [0.2, 0.25) is 0 Å². The van der Waals surface area contributed by atoms with Gasteiger partial charge in [0, 0.05) is 0 Å². The molecule has 0 radical (unpaired) electrons. The van der Waals surface area contributed by atoms with E-state index in [1.165, 1.54) is 0 Å². The molecule has 0 N–H and O–H groups in total. The van der Waals surface area contributed by atoms with Gasteiger partial charge in [0.1, 0.15) is 0 Å². The van der Waals surface area contributed by atoms with E-state index in [-0.39, 0.29) is 11.9 Å². The zero-order valence-corrected chi connectivity index (χ0v) is 12.2. The lowest BCUT2D eigenvalue weighted by Crippen LogP contribution is -2.26. The molecule has 0 spiro atoms. The number of ether oxygens (including phenoxy) is 2. The lowest BCUT2D eigenvalue weighted by atomic mass is 9.91. The Labute approximate surface area is 115 Å². The molecule has 19 heavy (non-hydrogen) atoms. The lowest BCUT2D eigenvalue weighted by Gasteiger charge is -2.18. The zero-order valence-electron chi connectivity index (χ0n) is 12.2. The van der Waals surface area contributed by atoms with Crippen molar-refractivity contribution in [3.63, 3.8) is 0 Å². The molecule has 1 aliphatic rings. The predicted molar refractivity (Wildman–Crippen MR) is 72.5 cm³/mol. The summed E-state index contributed by atoms with van der Waals surface area (Å²) in [6.45, 7) is 6.11. The molecular weight excluding hydrogens is 244 g/mol. The van der Waals surface area contributed by atoms with E-state index in [0.717, 1.165) is 31.3 Å². The molecule has 1 saturated carbocycles. The standard InChI is InChI=1S/C15H24O4/c1-4-12(14(16)18-5-2)13(15(17)19-6-3)11-9-7-8-10-11/h12H,4-10H2,1-3H3. The average molecular weight is 268 g/mol. The van der Waals surface area contributed by atoms with Gasteiger partial charge in [-0.1, -0.05) is 12.5 Å². The van der Waals surface area contributed by atoms with Crippen molar-refractivity contribution < 1.29 is 19.1 Å². The van der Waals surface area contributed by atoms with Crippen molar-refractivity contribution in [1.29, 1.82) is 0 Å². The minimum absolute atomic E-state index is 0.313. The number of hydrogen-bond donors (Lipinski definition) is 0. The summed E-state index contributed by atoms with van der Waals surface area (Å²) in [4.78, 5) is 24.2. The van der Waals surface area contributed by atoms with Gasteiger partial charge in [-0.25, -0.2) is 4.79 Å². The second kappa shape index (κ2) is 7.97. The topological polar surface area (TPSA) is 52.6 Å². The molecule has 0 aliphatic heterocycles. The smallest absolute Gasteiger partial charge is 0.334 e. The van der Waals surface area contributed by atoms with Crippen LogP contribution in [0.25, 0.3) is 0 Å². The van der Waals surface area contributed by atoms with Gasteiger partial charge in [-0.05, 0) is 46.0 Å². The minimum Gasteiger partial charge on any atom is -0.466 e. The first kappa shape index (κ1) is 15.7. The van der Waals surface area contributed by atoms with Crippen molar-refractivity contribution in [3.8, 4) is 0 Å². The maximum Gasteiger partial charge on any atom is 0.334 e. The fourth-order valence-electron chi connectivity index (χ4n) is 2.54. The molecule has 4 heteroatoms. The Morgan fingerprint density at radius 1 is 1.05 bits per heavy atom. The number of carbonyl (C=O) groups excluding carboxylic acids is 2. The summed E-state index contributed by atoms with van der Waals surface area (Å²) in [5.41, 5.74) is 1.64. The maximum atomic E-state index is 12.2. The molecule has 0 aromatic carbocycles. The summed E-state index contributed by atoms with van der Waals surface area (Å²) in [6, 6.07) is 0. The molecule has 1 aliphatic carbocycles. The third-order valence-corrected chi connectivity index (χ3v) is 3.41. The third kappa shape index (κ3) is 4.08. The summed E-state index contributed by atoms with van der Waals surface area (Å²) in [5, 5.41) is 0. The van der Waals surface area contributed by atoms with Crippen LogP contribution in [0, 0.1) is 5.92 Å². The Morgan fingerprint density at radius 3 is 2.11 bits per heavy atom. The Morgan fingerprint density at radius 2 is 1.63 bits per heavy atom. The second-order valence-corrected chi connectivity index (χ2v) is 4.66. The minimum atomic E-state index is -0.480. The van der Waals surface area contributed by atoms with Gasteiger partial charge in [0.05, 0.1) is 24.7 Å². The molecule has 1 rings (SSSR count). The first-order chi connectivity index (χ1) is 9.15. The molecule has 0 heterocycles. The number of carbonyl (C=O) groups is 2. The van der Waals surface area contributed by atoms with Gasteiger partial charge in [-0.15, -0.1) is 0 Å². The van der Waals surface area contributed by atoms with E-state index in [2.05, 4.69) is 0 Å². The largest absolute Gasteiger partial charge is 0.466 e. The molecule has 1 unspecified atom stereocenters. The van der Waals surface area contributed by atoms with Crippen LogP contribution >= 0.6 is 0 Å². The Balaban J connectivity index is 3.03. The molecule has 0 aromatic heterocycles. The normalized spacial score (nSPS) is 16.1. The number of esters is 2. The first-order valence-electron chi connectivity index (χ1n) is 7.21. The first-order valence-corrected chi connectivity index (χ1v) is 7.21. The van der Waals surface area contributed by atoms with Gasteiger partial charge < -0.3 is 9.47 Å². The molecule has 0 saturated heterocycles. The quantitative estimate of drug-likeness (QED) is 0.549. The van der Waals surface area contributed by atoms with E-state index in [0.29, 0.717) is 25.2 Å². The van der Waals surface area contributed by atoms with Crippen LogP contribution in [0.1, 0.15) is 52.9 Å². The van der Waals surface area contributed by atoms with E-state index >= 15 is 0 Å². The summed E-state index contributed by atoms with van der Waals surface area (Å²) in [6.07, 6.45) is 4.51. The van der Waals surface area contributed by atoms with Crippen molar-refractivity contribution in [2.24, 2.45) is 5.92 Å². The highest BCUT2D eigenvalue weighted by Crippen LogP contribution is 2.32. The van der Waals surface area contributed by atoms with Crippen molar-refractivity contribution >= 4 is 11.9 Å². The van der Waals surface area contributed by atoms with Crippen LogP contribution in [0.5, 0.6) is 0 Å². The second-order valence-electron chi connectivity index (χ2n) is 4.66. The molecule has 1 fully saturated rings. The van der Waals surface area contributed by atoms with Crippen LogP contribution in [0.2, 0.25) is 0 Å². The van der Waals surface area contributed by atoms with Crippen molar-refractivity contribution in [2.45, 2.75) is 52.9 Å². The highest BCUT2D eigenvalue weighted by Gasteiger charge is 2.32. The Bertz CT molecular complexity index is 349. The fourth-order valence-corrected chi connectivity index (χ4v) is 2.54. The Hall–Kier alpha value is -1.32. The summed E-state index contributed by atoms with van der Waals surface area (Å²) in [5.74, 6) is -1.14. The van der Waals surface area contributed by atoms with E-state index in [1.54, 1.807) is 13.8 Å². The van der Waals surface area contributed by atoms with Gasteiger partial charge in [0.15, 0.2) is 0 Å². The highest BCUT2D eigenvalue weighted by molar-refractivity contribution is 5.96. The van der Waals surface area contributed by atoms with Crippen molar-refractivity contribution in [2.75, 3.05) is 13.2 Å². The lowest BCUT2D eigenvalue weighted by molar-refractivity contribution is -0.150. The number of rotatable bonds is 6. The third-order valence-electron chi connectivity index (χ3n) is 3.41. The monoisotopic (exact) mass is 268 g/mol. The number of hydrogen-bond acceptors (Lipinski definition) is 4. The van der Waals surface area contributed by atoms with Crippen LogP contribution in [0.4, 0.5) is 0 Å². The fraction of sp³-hybridized carbons (Fsp3) is 0.733. The van der Waals surface area contributed by atoms with Gasteiger partial charge in [-0.3, -0.25) is 4.79 Å². The highest BCUT2D eigenvalue weighted by atomic mass is 16.5. The average Bonchev–Trinajstić information content (AvgIpc) is 2.89. The molecule has 0 amide bonds. The Kier molecular flexibility index (Phi) is 6.60. The van der Waals surface area contributed by atoms with Gasteiger partial charge in [0.25, 0.3) is 0 Å². The van der Waals surface area contributed by atoms with E-state index in [4.69, 9.17) is 9.47 Å². The van der Waals surface area contributed by atoms with Gasteiger partial charge in [-0.2, -0.15) is 0 Å². The summed E-state index contributed by atoms with van der Waals surface area (Å²) >= 11 is 0.